The quantitative estimate of drug-likeness (QED) is 0.109. The molecule has 0 bridgehead atoms. The number of benzene rings is 2. The molecule has 7 rings (SSSR count). The van der Waals surface area contributed by atoms with Gasteiger partial charge in [0.05, 0.1) is 39.8 Å². The molecule has 5 aromatic rings. The number of carbonyl (C=O) groups excluding carboxylic acids is 1. The van der Waals surface area contributed by atoms with Crippen LogP contribution < -0.4 is 15.4 Å². The average molecular weight is 875 g/mol. The lowest BCUT2D eigenvalue weighted by atomic mass is 9.93. The smallest absolute Gasteiger partial charge is 0.346 e. The molecule has 1 saturated heterocycles. The van der Waals surface area contributed by atoms with Crippen molar-refractivity contribution in [2.45, 2.75) is 56.3 Å². The van der Waals surface area contributed by atoms with Gasteiger partial charge < -0.3 is 10.6 Å². The number of pyridine rings is 1. The Balaban J connectivity index is 1.39. The molecule has 1 aliphatic carbocycles. The van der Waals surface area contributed by atoms with E-state index < -0.39 is 81.5 Å². The molecule has 3 aromatic heterocycles. The number of aryl methyl sites for hydroxylation is 1. The summed E-state index contributed by atoms with van der Waals surface area (Å²) in [4.78, 5) is 18.8. The first-order chi connectivity index (χ1) is 28.2. The monoisotopic (exact) mass is 874 g/mol. The predicted molar refractivity (Wildman–Crippen MR) is 208 cm³/mol. The van der Waals surface area contributed by atoms with E-state index in [-0.39, 0.29) is 55.8 Å². The number of fused-ring (bicyclic) bond motifs is 2. The summed E-state index contributed by atoms with van der Waals surface area (Å²) in [6, 6.07) is 7.50. The van der Waals surface area contributed by atoms with Gasteiger partial charge in [-0.15, -0.1) is 6.42 Å². The van der Waals surface area contributed by atoms with Crippen LogP contribution in [0.4, 0.5) is 36.6 Å². The SMILES string of the molecule is C#C[C@H]1CC(F)(F)c2c1c(C(F)(F)F)nn2CC(=O)N[C@@H](Cc1cc(F)cc(F)c1)c1nc(C#CC2CCCNC2)ccc1-c1ccc(Cl)c2c(NS(C)(=O)=O)nn(C)c12. The Hall–Kier alpha value is -5.63. The number of carbonyl (C=O) groups is 1. The molecule has 1 aliphatic heterocycles. The molecule has 1 fully saturated rings. The van der Waals surface area contributed by atoms with E-state index in [1.807, 2.05) is 5.92 Å². The normalized spacial score (nSPS) is 18.0. The number of piperidine rings is 1. The van der Waals surface area contributed by atoms with Crippen molar-refractivity contribution in [3.05, 3.63) is 93.0 Å². The molecule has 4 heterocycles. The third-order valence-electron chi connectivity index (χ3n) is 10.1. The zero-order valence-electron chi connectivity index (χ0n) is 31.7. The molecule has 20 heteroatoms. The second kappa shape index (κ2) is 16.1. The zero-order valence-corrected chi connectivity index (χ0v) is 33.3. The van der Waals surface area contributed by atoms with E-state index in [2.05, 4.69) is 37.4 Å². The molecule has 60 heavy (non-hydrogen) atoms. The number of aromatic nitrogens is 5. The van der Waals surface area contributed by atoms with Crippen molar-refractivity contribution in [1.29, 1.82) is 0 Å². The van der Waals surface area contributed by atoms with Crippen LogP contribution in [0.15, 0.2) is 42.5 Å². The number of sulfonamides is 1. The van der Waals surface area contributed by atoms with Gasteiger partial charge in [0.25, 0.3) is 5.92 Å². The Morgan fingerprint density at radius 3 is 2.48 bits per heavy atom. The van der Waals surface area contributed by atoms with Gasteiger partial charge in [0.1, 0.15) is 29.6 Å². The fourth-order valence-corrected chi connectivity index (χ4v) is 8.44. The van der Waals surface area contributed by atoms with Crippen LogP contribution >= 0.6 is 11.6 Å². The lowest BCUT2D eigenvalue weighted by molar-refractivity contribution is -0.142. The summed E-state index contributed by atoms with van der Waals surface area (Å²) in [5.41, 5.74) is -2.54. The Morgan fingerprint density at radius 2 is 1.83 bits per heavy atom. The molecule has 314 valence electrons. The highest BCUT2D eigenvalue weighted by Gasteiger charge is 2.54. The van der Waals surface area contributed by atoms with E-state index in [1.165, 1.54) is 17.8 Å². The first-order valence-electron chi connectivity index (χ1n) is 18.4. The molecule has 2 aliphatic rings. The Morgan fingerprint density at radius 1 is 1.12 bits per heavy atom. The maximum atomic E-state index is 15.3. The minimum Gasteiger partial charge on any atom is -0.346 e. The highest BCUT2D eigenvalue weighted by Crippen LogP contribution is 2.52. The summed E-state index contributed by atoms with van der Waals surface area (Å²) < 4.78 is 131. The molecule has 0 radical (unpaired) electrons. The number of nitrogens with one attached hydrogen (secondary N) is 3. The summed E-state index contributed by atoms with van der Waals surface area (Å²) in [5.74, 6) is -0.460. The molecular formula is C40H34ClF7N8O3S. The number of terminal acetylenes is 1. The molecular weight excluding hydrogens is 841 g/mol. The number of anilines is 1. The maximum absolute atomic E-state index is 15.3. The summed E-state index contributed by atoms with van der Waals surface area (Å²) in [6.07, 6.45) is 1.29. The fourth-order valence-electron chi connectivity index (χ4n) is 7.70. The molecule has 0 saturated carbocycles. The van der Waals surface area contributed by atoms with Gasteiger partial charge in [0.15, 0.2) is 11.5 Å². The summed E-state index contributed by atoms with van der Waals surface area (Å²) in [7, 11) is -2.33. The predicted octanol–water partition coefficient (Wildman–Crippen LogP) is 6.82. The largest absolute Gasteiger partial charge is 0.435 e. The van der Waals surface area contributed by atoms with E-state index in [9.17, 15) is 35.2 Å². The molecule has 0 spiro atoms. The van der Waals surface area contributed by atoms with Gasteiger partial charge in [-0.25, -0.2) is 22.2 Å². The van der Waals surface area contributed by atoms with Crippen LogP contribution in [0, 0.1) is 41.7 Å². The number of alkyl halides is 5. The molecule has 2 aromatic carbocycles. The van der Waals surface area contributed by atoms with Crippen LogP contribution in [0.5, 0.6) is 0 Å². The number of halogens is 8. The Kier molecular flexibility index (Phi) is 11.4. The Bertz CT molecular complexity index is 2730. The summed E-state index contributed by atoms with van der Waals surface area (Å²) >= 11 is 6.60. The third kappa shape index (κ3) is 8.79. The van der Waals surface area contributed by atoms with Crippen molar-refractivity contribution in [3.63, 3.8) is 0 Å². The van der Waals surface area contributed by atoms with Gasteiger partial charge in [-0.2, -0.15) is 32.1 Å². The highest BCUT2D eigenvalue weighted by atomic mass is 35.5. The topological polar surface area (TPSA) is 136 Å². The van der Waals surface area contributed by atoms with Gasteiger partial charge in [-0.1, -0.05) is 29.5 Å². The number of hydrogen-bond acceptors (Lipinski definition) is 7. The van der Waals surface area contributed by atoms with Crippen molar-refractivity contribution in [3.8, 4) is 35.3 Å². The van der Waals surface area contributed by atoms with Crippen molar-refractivity contribution in [1.82, 2.24) is 35.2 Å². The van der Waals surface area contributed by atoms with Gasteiger partial charge in [0, 0.05) is 48.7 Å². The molecule has 3 atom stereocenters. The first kappa shape index (κ1) is 42.5. The van der Waals surface area contributed by atoms with E-state index in [0.717, 1.165) is 37.8 Å². The average Bonchev–Trinajstić information content (AvgIpc) is 3.79. The van der Waals surface area contributed by atoms with E-state index >= 15 is 8.78 Å². The highest BCUT2D eigenvalue weighted by molar-refractivity contribution is 7.92. The van der Waals surface area contributed by atoms with Crippen molar-refractivity contribution in [2.75, 3.05) is 24.1 Å². The van der Waals surface area contributed by atoms with Crippen LogP contribution in [0.25, 0.3) is 22.0 Å². The lowest BCUT2D eigenvalue weighted by Gasteiger charge is -2.23. The second-order valence-electron chi connectivity index (χ2n) is 14.6. The Labute approximate surface area is 344 Å². The third-order valence-corrected chi connectivity index (χ3v) is 10.9. The lowest BCUT2D eigenvalue weighted by Crippen LogP contribution is -2.35. The molecule has 11 nitrogen and oxygen atoms in total. The van der Waals surface area contributed by atoms with E-state index in [1.54, 1.807) is 18.2 Å². The van der Waals surface area contributed by atoms with Gasteiger partial charge in [-0.05, 0) is 67.6 Å². The van der Waals surface area contributed by atoms with E-state index in [0.29, 0.717) is 23.7 Å². The number of rotatable bonds is 9. The van der Waals surface area contributed by atoms with Crippen LogP contribution in [0.1, 0.15) is 65.1 Å². The second-order valence-corrected chi connectivity index (χ2v) is 16.8. The molecule has 3 N–H and O–H groups in total. The van der Waals surface area contributed by atoms with Gasteiger partial charge in [-0.3, -0.25) is 18.9 Å². The minimum absolute atomic E-state index is 0.0134. The van der Waals surface area contributed by atoms with Crippen molar-refractivity contribution in [2.24, 2.45) is 13.0 Å². The van der Waals surface area contributed by atoms with Crippen LogP contribution in [0.3, 0.4) is 0 Å². The molecule has 1 unspecified atom stereocenters. The standard InChI is InChI=1S/C40H34ClF7N8O3S/c1-4-23-18-39(44,45)37-32(23)36(40(46,47)48)52-56(37)20-31(57)51-30(16-22-14-24(42)17-25(43)15-22)34-27(10-9-26(50-34)8-7-21-6-5-13-49-19-21)28-11-12-29(41)33-35(28)55(2)53-38(33)54-60(3,58)59/h1,9-12,14-15,17,21,23,30,49H,5-6,13,16,18-20H2,2-3H3,(H,51,57)(H,53,54)/t21?,23-,30-/m0/s1. The van der Waals surface area contributed by atoms with E-state index in [4.69, 9.17) is 23.0 Å². The fraction of sp³-hybridized carbons (Fsp3) is 0.350. The van der Waals surface area contributed by atoms with Crippen LogP contribution in [-0.2, 0) is 46.9 Å². The molecule has 1 amide bonds. The van der Waals surface area contributed by atoms with Crippen LogP contribution in [0.2, 0.25) is 5.02 Å². The number of nitrogens with zero attached hydrogens (tertiary/aromatic N) is 5. The minimum atomic E-state index is -5.19. The van der Waals surface area contributed by atoms with Crippen LogP contribution in [-0.4, -0.2) is 58.2 Å². The number of amides is 1. The number of hydrogen-bond donors (Lipinski definition) is 3. The van der Waals surface area contributed by atoms with Gasteiger partial charge >= 0.3 is 6.18 Å². The van der Waals surface area contributed by atoms with Gasteiger partial charge in [0.2, 0.25) is 15.9 Å². The summed E-state index contributed by atoms with van der Waals surface area (Å²) in [5, 5.41) is 13.9. The zero-order chi connectivity index (χ0) is 43.3. The first-order valence-corrected chi connectivity index (χ1v) is 20.6. The maximum Gasteiger partial charge on any atom is 0.435 e. The summed E-state index contributed by atoms with van der Waals surface area (Å²) in [6.45, 7) is 0.322. The van der Waals surface area contributed by atoms with Crippen molar-refractivity contribution < 1.29 is 43.9 Å². The van der Waals surface area contributed by atoms with Crippen molar-refractivity contribution >= 4 is 44.3 Å².